The van der Waals surface area contributed by atoms with Gasteiger partial charge in [0.15, 0.2) is 12.6 Å². The van der Waals surface area contributed by atoms with E-state index in [4.69, 9.17) is 18.9 Å². The molecule has 8 N–H and O–H groups in total. The van der Waals surface area contributed by atoms with Gasteiger partial charge in [0.1, 0.15) is 42.3 Å². The highest BCUT2D eigenvalue weighted by atomic mass is 16.7. The molecule has 3 amide bonds. The second kappa shape index (κ2) is 19.2. The second-order valence-corrected chi connectivity index (χ2v) is 10.8. The van der Waals surface area contributed by atoms with Gasteiger partial charge in [-0.05, 0) is 39.5 Å². The lowest BCUT2D eigenvalue weighted by Gasteiger charge is -2.39. The summed E-state index contributed by atoms with van der Waals surface area (Å²) in [6.07, 6.45) is -6.75. The van der Waals surface area contributed by atoms with Crippen LogP contribution >= 0.6 is 0 Å². The fourth-order valence-electron chi connectivity index (χ4n) is 4.52. The van der Waals surface area contributed by atoms with E-state index in [1.807, 2.05) is 6.92 Å². The molecule has 16 nitrogen and oxygen atoms in total. The van der Waals surface area contributed by atoms with Gasteiger partial charge < -0.3 is 65.2 Å². The Morgan fingerprint density at radius 3 is 2.16 bits per heavy atom. The van der Waals surface area contributed by atoms with Crippen LogP contribution in [-0.2, 0) is 38.1 Å². The number of ether oxygens (including phenoxy) is 4. The van der Waals surface area contributed by atoms with Gasteiger partial charge in [-0.2, -0.15) is 0 Å². The van der Waals surface area contributed by atoms with E-state index >= 15 is 0 Å². The Kier molecular flexibility index (Phi) is 16.5. The molecule has 2 saturated heterocycles. The first-order valence-electron chi connectivity index (χ1n) is 14.6. The van der Waals surface area contributed by atoms with Gasteiger partial charge in [0.25, 0.3) is 0 Å². The average molecular weight is 622 g/mol. The molecule has 2 heterocycles. The standard InChI is InChI=1S/C27H47N3O13/c1-15(32)5-3-4-6-20(34)30-17(13-21(35)28-9-11-40-26-18(33)8-7-16(2)42-26)25(39)29-10-12-41-27-24(38)23(37)22(36)19(14-31)43-27/h16-19,22-24,26-27,31,33,36-38H,3-14H2,1-2H3,(H,28,35)(H,29,39)(H,30,34)/t16-,17-,18-,19+,22+,23-,24-,26+,27-/m0/s1. The average Bonchev–Trinajstić information content (AvgIpc) is 2.96. The van der Waals surface area contributed by atoms with E-state index in [1.54, 1.807) is 0 Å². The Labute approximate surface area is 250 Å². The zero-order chi connectivity index (χ0) is 31.9. The first kappa shape index (κ1) is 36.9. The van der Waals surface area contributed by atoms with Gasteiger partial charge in [0, 0.05) is 25.9 Å². The lowest BCUT2D eigenvalue weighted by Crippen LogP contribution is -2.59. The van der Waals surface area contributed by atoms with Crippen molar-refractivity contribution in [2.45, 2.75) is 114 Å². The third kappa shape index (κ3) is 13.1. The van der Waals surface area contributed by atoms with Crippen molar-refractivity contribution in [2.75, 3.05) is 32.9 Å². The molecule has 0 spiro atoms. The summed E-state index contributed by atoms with van der Waals surface area (Å²) >= 11 is 0. The fourth-order valence-corrected chi connectivity index (χ4v) is 4.52. The van der Waals surface area contributed by atoms with Gasteiger partial charge in [-0.3, -0.25) is 14.4 Å². The van der Waals surface area contributed by atoms with Crippen LogP contribution in [-0.4, -0.2) is 137 Å². The Morgan fingerprint density at radius 1 is 0.837 bits per heavy atom. The molecule has 0 bridgehead atoms. The molecule has 16 heteroatoms. The van der Waals surface area contributed by atoms with Gasteiger partial charge in [-0.15, -0.1) is 0 Å². The van der Waals surface area contributed by atoms with Crippen molar-refractivity contribution in [3.63, 3.8) is 0 Å². The van der Waals surface area contributed by atoms with Crippen molar-refractivity contribution in [2.24, 2.45) is 0 Å². The normalized spacial score (nSPS) is 29.8. The number of aliphatic hydroxyl groups excluding tert-OH is 5. The molecule has 0 unspecified atom stereocenters. The molecule has 0 saturated carbocycles. The molecule has 0 aromatic rings. The predicted octanol–water partition coefficient (Wildman–Crippen LogP) is -3.04. The number of nitrogens with one attached hydrogen (secondary N) is 3. The summed E-state index contributed by atoms with van der Waals surface area (Å²) in [7, 11) is 0. The number of carbonyl (C=O) groups is 4. The van der Waals surface area contributed by atoms with E-state index in [0.29, 0.717) is 32.1 Å². The number of hydrogen-bond acceptors (Lipinski definition) is 13. The monoisotopic (exact) mass is 621 g/mol. The number of aliphatic hydroxyl groups is 5. The van der Waals surface area contributed by atoms with Gasteiger partial charge in [0.05, 0.1) is 32.3 Å². The third-order valence-corrected chi connectivity index (χ3v) is 7.01. The SMILES string of the molecule is CC(=O)CCCCC(=O)N[C@@H](CC(=O)NCCO[C@@H]1O[C@@H](C)CC[C@@H]1O)C(=O)NCCO[C@H]1O[C@H](CO)[C@@H](O)[C@H](O)[C@@H]1O. The zero-order valence-electron chi connectivity index (χ0n) is 24.7. The van der Waals surface area contributed by atoms with Crippen molar-refractivity contribution < 1.29 is 63.7 Å². The van der Waals surface area contributed by atoms with Crippen molar-refractivity contribution >= 4 is 23.5 Å². The summed E-state index contributed by atoms with van der Waals surface area (Å²) in [5.41, 5.74) is 0. The largest absolute Gasteiger partial charge is 0.394 e. The van der Waals surface area contributed by atoms with Gasteiger partial charge in [0.2, 0.25) is 17.7 Å². The maximum Gasteiger partial charge on any atom is 0.243 e. The Hall–Kier alpha value is -2.28. The fraction of sp³-hybridized carbons (Fsp3) is 0.852. The quantitative estimate of drug-likeness (QED) is 0.0711. The van der Waals surface area contributed by atoms with Crippen LogP contribution in [0.3, 0.4) is 0 Å². The van der Waals surface area contributed by atoms with Crippen LogP contribution in [0.4, 0.5) is 0 Å². The minimum Gasteiger partial charge on any atom is -0.394 e. The zero-order valence-corrected chi connectivity index (χ0v) is 24.7. The number of unbranched alkanes of at least 4 members (excludes halogenated alkanes) is 1. The lowest BCUT2D eigenvalue weighted by atomic mass is 9.99. The summed E-state index contributed by atoms with van der Waals surface area (Å²) in [6.45, 7) is 2.48. The number of hydrogen-bond donors (Lipinski definition) is 8. The Morgan fingerprint density at radius 2 is 1.49 bits per heavy atom. The number of Topliss-reactive ketones (excluding diaryl/α,β-unsaturated/α-hetero) is 1. The van der Waals surface area contributed by atoms with E-state index in [-0.39, 0.29) is 44.6 Å². The lowest BCUT2D eigenvalue weighted by molar-refractivity contribution is -0.300. The van der Waals surface area contributed by atoms with E-state index in [2.05, 4.69) is 16.0 Å². The molecule has 0 aromatic carbocycles. The van der Waals surface area contributed by atoms with Crippen LogP contribution in [0.2, 0.25) is 0 Å². The molecular formula is C27H47N3O13. The van der Waals surface area contributed by atoms with E-state index in [9.17, 15) is 44.7 Å². The second-order valence-electron chi connectivity index (χ2n) is 10.8. The van der Waals surface area contributed by atoms with Crippen molar-refractivity contribution in [1.82, 2.24) is 16.0 Å². The summed E-state index contributed by atoms with van der Waals surface area (Å²) in [6, 6.07) is -1.24. The molecule has 2 aliphatic heterocycles. The van der Waals surface area contributed by atoms with Crippen molar-refractivity contribution in [3.05, 3.63) is 0 Å². The van der Waals surface area contributed by atoms with Crippen LogP contribution in [0.15, 0.2) is 0 Å². The highest BCUT2D eigenvalue weighted by Crippen LogP contribution is 2.22. The van der Waals surface area contributed by atoms with Gasteiger partial charge in [-0.1, -0.05) is 0 Å². The number of rotatable bonds is 18. The summed E-state index contributed by atoms with van der Waals surface area (Å²) in [4.78, 5) is 49.1. The molecule has 9 atom stereocenters. The predicted molar refractivity (Wildman–Crippen MR) is 147 cm³/mol. The Balaban J connectivity index is 1.84. The smallest absolute Gasteiger partial charge is 0.243 e. The topological polar surface area (TPSA) is 242 Å². The first-order valence-corrected chi connectivity index (χ1v) is 14.6. The van der Waals surface area contributed by atoms with Crippen LogP contribution in [0.1, 0.15) is 58.8 Å². The highest BCUT2D eigenvalue weighted by Gasteiger charge is 2.44. The van der Waals surface area contributed by atoms with Crippen LogP contribution in [0, 0.1) is 0 Å². The molecule has 2 rings (SSSR count). The number of amides is 3. The van der Waals surface area contributed by atoms with E-state index in [0.717, 1.165) is 0 Å². The number of carbonyl (C=O) groups excluding carboxylic acids is 4. The third-order valence-electron chi connectivity index (χ3n) is 7.01. The van der Waals surface area contributed by atoms with Crippen molar-refractivity contribution in [3.8, 4) is 0 Å². The van der Waals surface area contributed by atoms with Gasteiger partial charge in [-0.25, -0.2) is 0 Å². The molecule has 43 heavy (non-hydrogen) atoms. The maximum absolute atomic E-state index is 12.9. The highest BCUT2D eigenvalue weighted by molar-refractivity contribution is 5.92. The Bertz CT molecular complexity index is 892. The molecule has 2 aliphatic rings. The number of ketones is 1. The van der Waals surface area contributed by atoms with Crippen molar-refractivity contribution in [1.29, 1.82) is 0 Å². The van der Waals surface area contributed by atoms with E-state index < -0.39 is 79.9 Å². The molecule has 0 aromatic heterocycles. The molecule has 0 aliphatic carbocycles. The summed E-state index contributed by atoms with van der Waals surface area (Å²) in [5, 5.41) is 56.7. The van der Waals surface area contributed by atoms with Crippen LogP contribution in [0.25, 0.3) is 0 Å². The minimum atomic E-state index is -1.62. The maximum atomic E-state index is 12.9. The molecule has 248 valence electrons. The summed E-state index contributed by atoms with van der Waals surface area (Å²) < 4.78 is 21.6. The van der Waals surface area contributed by atoms with Crippen LogP contribution in [0.5, 0.6) is 0 Å². The van der Waals surface area contributed by atoms with E-state index in [1.165, 1.54) is 6.92 Å². The molecule has 0 radical (unpaired) electrons. The first-order chi connectivity index (χ1) is 20.4. The van der Waals surface area contributed by atoms with Gasteiger partial charge >= 0.3 is 0 Å². The molecular weight excluding hydrogens is 574 g/mol. The minimum absolute atomic E-state index is 0.00307. The molecule has 2 fully saturated rings. The summed E-state index contributed by atoms with van der Waals surface area (Å²) in [5.74, 6) is -1.71. The van der Waals surface area contributed by atoms with Crippen LogP contribution < -0.4 is 16.0 Å².